The van der Waals surface area contributed by atoms with Crippen molar-refractivity contribution >= 4 is 17.2 Å². The zero-order valence-electron chi connectivity index (χ0n) is 12.9. The van der Waals surface area contributed by atoms with Crippen molar-refractivity contribution < 1.29 is 14.6 Å². The molecule has 5 heteroatoms. The second-order valence-electron chi connectivity index (χ2n) is 4.93. The largest absolute Gasteiger partial charge is 0.395 e. The Kier molecular flexibility index (Phi) is 8.06. The van der Waals surface area contributed by atoms with Gasteiger partial charge in [0.25, 0.3) is 0 Å². The summed E-state index contributed by atoms with van der Waals surface area (Å²) in [6, 6.07) is 2.00. The molecular formula is C16H23NO3S. The molecule has 0 saturated carbocycles. The van der Waals surface area contributed by atoms with Crippen LogP contribution in [-0.4, -0.2) is 42.8 Å². The molecule has 0 fully saturated rings. The highest BCUT2D eigenvalue weighted by Gasteiger charge is 2.11. The van der Waals surface area contributed by atoms with E-state index in [1.54, 1.807) is 23.3 Å². The van der Waals surface area contributed by atoms with Gasteiger partial charge in [0.15, 0.2) is 0 Å². The van der Waals surface area contributed by atoms with Crippen LogP contribution in [0.1, 0.15) is 36.6 Å². The molecule has 0 saturated heterocycles. The Morgan fingerprint density at radius 2 is 2.33 bits per heavy atom. The number of aliphatic hydroxyl groups is 1. The van der Waals surface area contributed by atoms with Gasteiger partial charge in [-0.25, -0.2) is 0 Å². The van der Waals surface area contributed by atoms with E-state index in [1.165, 1.54) is 0 Å². The molecule has 0 aliphatic rings. The summed E-state index contributed by atoms with van der Waals surface area (Å²) in [5.41, 5.74) is 1.09. The summed E-state index contributed by atoms with van der Waals surface area (Å²) < 4.78 is 5.15. The van der Waals surface area contributed by atoms with Crippen LogP contribution in [0.4, 0.5) is 0 Å². The lowest BCUT2D eigenvalue weighted by atomic mass is 10.2. The molecule has 0 aromatic carbocycles. The zero-order valence-corrected chi connectivity index (χ0v) is 13.7. The minimum atomic E-state index is 0.0857. The lowest BCUT2D eigenvalue weighted by Gasteiger charge is -2.17. The first kappa shape index (κ1) is 17.7. The van der Waals surface area contributed by atoms with Gasteiger partial charge >= 0.3 is 0 Å². The van der Waals surface area contributed by atoms with E-state index in [1.807, 2.05) is 25.4 Å². The van der Waals surface area contributed by atoms with Crippen LogP contribution >= 0.6 is 11.3 Å². The Bertz CT molecular complexity index is 501. The van der Waals surface area contributed by atoms with E-state index in [2.05, 4.69) is 11.8 Å². The molecule has 116 valence electrons. The Morgan fingerprint density at radius 3 is 3.00 bits per heavy atom. The molecule has 1 atom stereocenters. The number of hydrogen-bond donors (Lipinski definition) is 1. The van der Waals surface area contributed by atoms with Gasteiger partial charge in [0, 0.05) is 33.5 Å². The highest BCUT2D eigenvalue weighted by molar-refractivity contribution is 7.10. The van der Waals surface area contributed by atoms with Crippen LogP contribution in [0.3, 0.4) is 0 Å². The molecule has 21 heavy (non-hydrogen) atoms. The minimum Gasteiger partial charge on any atom is -0.395 e. The van der Waals surface area contributed by atoms with Crippen molar-refractivity contribution in [1.82, 2.24) is 4.90 Å². The van der Waals surface area contributed by atoms with Crippen LogP contribution in [0.25, 0.3) is 0 Å². The SMILES string of the molecule is COC(C)CCC(=O)N(C)Cc1csc(C#CCCO)c1. The number of methoxy groups -OCH3 is 1. The number of aliphatic hydroxyl groups excluding tert-OH is 1. The fourth-order valence-corrected chi connectivity index (χ4v) is 2.50. The smallest absolute Gasteiger partial charge is 0.222 e. The first-order chi connectivity index (χ1) is 10.1. The molecule has 1 unspecified atom stereocenters. The van der Waals surface area contributed by atoms with E-state index in [4.69, 9.17) is 9.84 Å². The summed E-state index contributed by atoms with van der Waals surface area (Å²) in [5.74, 6) is 6.02. The first-order valence-electron chi connectivity index (χ1n) is 7.00. The maximum Gasteiger partial charge on any atom is 0.222 e. The average molecular weight is 309 g/mol. The van der Waals surface area contributed by atoms with Gasteiger partial charge in [-0.05, 0) is 30.4 Å². The monoisotopic (exact) mass is 309 g/mol. The predicted octanol–water partition coefficient (Wildman–Crippen LogP) is 2.26. The van der Waals surface area contributed by atoms with Crippen molar-refractivity contribution in [2.75, 3.05) is 20.8 Å². The third-order valence-electron chi connectivity index (χ3n) is 3.11. The molecular weight excluding hydrogens is 286 g/mol. The van der Waals surface area contributed by atoms with Gasteiger partial charge in [-0.2, -0.15) is 0 Å². The number of nitrogens with zero attached hydrogens (tertiary/aromatic N) is 1. The number of amides is 1. The van der Waals surface area contributed by atoms with Crippen molar-refractivity contribution in [3.63, 3.8) is 0 Å². The highest BCUT2D eigenvalue weighted by Crippen LogP contribution is 2.15. The molecule has 0 aliphatic carbocycles. The molecule has 0 bridgehead atoms. The van der Waals surface area contributed by atoms with Gasteiger partial charge in [-0.1, -0.05) is 11.8 Å². The quantitative estimate of drug-likeness (QED) is 0.786. The van der Waals surface area contributed by atoms with Gasteiger partial charge < -0.3 is 14.7 Å². The van der Waals surface area contributed by atoms with Crippen molar-refractivity contribution in [2.45, 2.75) is 38.8 Å². The van der Waals surface area contributed by atoms with E-state index in [0.717, 1.165) is 16.9 Å². The minimum absolute atomic E-state index is 0.0857. The van der Waals surface area contributed by atoms with E-state index in [9.17, 15) is 4.79 Å². The molecule has 1 amide bonds. The van der Waals surface area contributed by atoms with Crippen LogP contribution in [0.5, 0.6) is 0 Å². The van der Waals surface area contributed by atoms with Crippen molar-refractivity contribution in [3.05, 3.63) is 21.9 Å². The van der Waals surface area contributed by atoms with E-state index in [-0.39, 0.29) is 18.6 Å². The molecule has 1 heterocycles. The molecule has 1 rings (SSSR count). The van der Waals surface area contributed by atoms with Crippen molar-refractivity contribution in [3.8, 4) is 11.8 Å². The Balaban J connectivity index is 2.46. The third kappa shape index (κ3) is 6.76. The zero-order chi connectivity index (χ0) is 15.7. The Labute approximate surface area is 130 Å². The Morgan fingerprint density at radius 1 is 1.57 bits per heavy atom. The number of rotatable bonds is 7. The number of carbonyl (C=O) groups excluding carboxylic acids is 1. The second-order valence-corrected chi connectivity index (χ2v) is 5.84. The lowest BCUT2D eigenvalue weighted by Crippen LogP contribution is -2.26. The van der Waals surface area contributed by atoms with Crippen molar-refractivity contribution in [2.24, 2.45) is 0 Å². The normalized spacial score (nSPS) is 11.6. The van der Waals surface area contributed by atoms with Crippen LogP contribution in [0.15, 0.2) is 11.4 Å². The average Bonchev–Trinajstić information content (AvgIpc) is 2.92. The van der Waals surface area contributed by atoms with Crippen LogP contribution in [-0.2, 0) is 16.1 Å². The maximum atomic E-state index is 12.0. The van der Waals surface area contributed by atoms with Gasteiger partial charge in [0.2, 0.25) is 5.91 Å². The summed E-state index contributed by atoms with van der Waals surface area (Å²) in [4.78, 5) is 14.7. The van der Waals surface area contributed by atoms with Gasteiger partial charge in [0.05, 0.1) is 17.6 Å². The maximum absolute atomic E-state index is 12.0. The van der Waals surface area contributed by atoms with Crippen molar-refractivity contribution in [1.29, 1.82) is 0 Å². The summed E-state index contributed by atoms with van der Waals surface area (Å²) in [6.07, 6.45) is 1.83. The molecule has 0 aliphatic heterocycles. The van der Waals surface area contributed by atoms with Gasteiger partial charge in [-0.15, -0.1) is 11.3 Å². The molecule has 0 radical (unpaired) electrons. The summed E-state index contributed by atoms with van der Waals surface area (Å²) in [6.45, 7) is 2.64. The van der Waals surface area contributed by atoms with Gasteiger partial charge in [0.1, 0.15) is 0 Å². The third-order valence-corrected chi connectivity index (χ3v) is 4.01. The molecule has 0 spiro atoms. The van der Waals surface area contributed by atoms with E-state index < -0.39 is 0 Å². The first-order valence-corrected chi connectivity index (χ1v) is 7.88. The molecule has 1 aromatic heterocycles. The topological polar surface area (TPSA) is 49.8 Å². The number of ether oxygens (including phenoxy) is 1. The number of carbonyl (C=O) groups is 1. The summed E-state index contributed by atoms with van der Waals surface area (Å²) >= 11 is 1.56. The van der Waals surface area contributed by atoms with Crippen LogP contribution in [0, 0.1) is 11.8 Å². The molecule has 1 aromatic rings. The lowest BCUT2D eigenvalue weighted by molar-refractivity contribution is -0.131. The standard InChI is InChI=1S/C16H23NO3S/c1-13(20-3)7-8-16(19)17(2)11-14-10-15(21-12-14)6-4-5-9-18/h10,12-13,18H,5,7-9,11H2,1-3H3. The van der Waals surface area contributed by atoms with Crippen LogP contribution in [0.2, 0.25) is 0 Å². The van der Waals surface area contributed by atoms with Crippen LogP contribution < -0.4 is 0 Å². The fraction of sp³-hybridized carbons (Fsp3) is 0.562. The van der Waals surface area contributed by atoms with E-state index >= 15 is 0 Å². The molecule has 4 nitrogen and oxygen atoms in total. The van der Waals surface area contributed by atoms with E-state index in [0.29, 0.717) is 19.4 Å². The second kappa shape index (κ2) is 9.56. The summed E-state index contributed by atoms with van der Waals surface area (Å²) in [5, 5.41) is 10.7. The summed E-state index contributed by atoms with van der Waals surface area (Å²) in [7, 11) is 3.47. The predicted molar refractivity (Wildman–Crippen MR) is 85.1 cm³/mol. The molecule has 1 N–H and O–H groups in total. The fourth-order valence-electron chi connectivity index (χ4n) is 1.73. The van der Waals surface area contributed by atoms with Gasteiger partial charge in [-0.3, -0.25) is 4.79 Å². The number of hydrogen-bond acceptors (Lipinski definition) is 4. The Hall–Kier alpha value is -1.35. The highest BCUT2D eigenvalue weighted by atomic mass is 32.1. The number of thiophene rings is 1.